The SMILES string of the molecule is O=C(CN(c1ccc(Cl)cc1)S(=O)(=O)c1ccccc1)N/N=C\c1ccc(OCc2cccc(Cl)c2)cc1. The lowest BCUT2D eigenvalue weighted by atomic mass is 10.2. The molecular weight excluding hydrogens is 545 g/mol. The average Bonchev–Trinajstić information content (AvgIpc) is 2.92. The number of anilines is 1. The minimum atomic E-state index is -4.02. The minimum Gasteiger partial charge on any atom is -0.489 e. The highest BCUT2D eigenvalue weighted by Crippen LogP contribution is 2.25. The number of halogens is 2. The topological polar surface area (TPSA) is 88.1 Å². The quantitative estimate of drug-likeness (QED) is 0.190. The van der Waals surface area contributed by atoms with Crippen LogP contribution in [0.4, 0.5) is 5.69 Å². The van der Waals surface area contributed by atoms with Gasteiger partial charge in [-0.25, -0.2) is 13.8 Å². The molecule has 0 aromatic heterocycles. The first-order valence-corrected chi connectivity index (χ1v) is 13.6. The van der Waals surface area contributed by atoms with Crippen molar-refractivity contribution in [3.8, 4) is 5.75 Å². The van der Waals surface area contributed by atoms with Crippen molar-refractivity contribution in [1.82, 2.24) is 5.43 Å². The molecule has 0 heterocycles. The molecule has 0 aliphatic carbocycles. The zero-order valence-corrected chi connectivity index (χ0v) is 22.3. The number of sulfonamides is 1. The highest BCUT2D eigenvalue weighted by Gasteiger charge is 2.27. The molecule has 0 saturated carbocycles. The summed E-state index contributed by atoms with van der Waals surface area (Å²) in [6.07, 6.45) is 1.46. The first kappa shape index (κ1) is 27.2. The summed E-state index contributed by atoms with van der Waals surface area (Å²) in [5, 5.41) is 5.06. The van der Waals surface area contributed by atoms with E-state index in [0.717, 1.165) is 9.87 Å². The summed E-state index contributed by atoms with van der Waals surface area (Å²) < 4.78 is 33.4. The second kappa shape index (κ2) is 12.6. The molecule has 10 heteroatoms. The van der Waals surface area contributed by atoms with Gasteiger partial charge < -0.3 is 4.74 Å². The Morgan fingerprint density at radius 2 is 1.58 bits per heavy atom. The maximum Gasteiger partial charge on any atom is 0.264 e. The summed E-state index contributed by atoms with van der Waals surface area (Å²) in [6, 6.07) is 28.6. The van der Waals surface area contributed by atoms with E-state index < -0.39 is 22.5 Å². The van der Waals surface area contributed by atoms with E-state index in [1.54, 1.807) is 60.7 Å². The predicted octanol–water partition coefficient (Wildman–Crippen LogP) is 5.92. The van der Waals surface area contributed by atoms with Crippen molar-refractivity contribution >= 4 is 51.0 Å². The van der Waals surface area contributed by atoms with Gasteiger partial charge >= 0.3 is 0 Å². The molecule has 0 unspecified atom stereocenters. The smallest absolute Gasteiger partial charge is 0.264 e. The van der Waals surface area contributed by atoms with Crippen LogP contribution >= 0.6 is 23.2 Å². The van der Waals surface area contributed by atoms with Crippen molar-refractivity contribution in [2.75, 3.05) is 10.8 Å². The Labute approximate surface area is 231 Å². The van der Waals surface area contributed by atoms with Crippen LogP contribution in [0.5, 0.6) is 5.75 Å². The Hall–Kier alpha value is -3.85. The number of carbonyl (C=O) groups is 1. The van der Waals surface area contributed by atoms with Gasteiger partial charge in [0, 0.05) is 10.0 Å². The number of carbonyl (C=O) groups excluding carboxylic acids is 1. The van der Waals surface area contributed by atoms with E-state index in [-0.39, 0.29) is 4.90 Å². The number of hydrogen-bond donors (Lipinski definition) is 1. The van der Waals surface area contributed by atoms with Crippen molar-refractivity contribution in [3.63, 3.8) is 0 Å². The number of benzene rings is 4. The molecule has 0 bridgehead atoms. The van der Waals surface area contributed by atoms with E-state index in [1.807, 2.05) is 18.2 Å². The van der Waals surface area contributed by atoms with Gasteiger partial charge in [0.05, 0.1) is 16.8 Å². The van der Waals surface area contributed by atoms with E-state index >= 15 is 0 Å². The first-order chi connectivity index (χ1) is 18.3. The molecule has 194 valence electrons. The molecule has 1 amide bonds. The maximum atomic E-state index is 13.3. The summed E-state index contributed by atoms with van der Waals surface area (Å²) in [5.74, 6) is 0.0491. The largest absolute Gasteiger partial charge is 0.489 e. The van der Waals surface area contributed by atoms with Gasteiger partial charge in [0.2, 0.25) is 0 Å². The Kier molecular flexibility index (Phi) is 9.02. The number of hydrazone groups is 1. The normalized spacial score (nSPS) is 11.3. The minimum absolute atomic E-state index is 0.0592. The van der Waals surface area contributed by atoms with Crippen LogP contribution in [0.3, 0.4) is 0 Å². The molecule has 4 aromatic carbocycles. The van der Waals surface area contributed by atoms with Gasteiger partial charge in [-0.1, -0.05) is 53.5 Å². The van der Waals surface area contributed by atoms with E-state index in [0.29, 0.717) is 33.7 Å². The Morgan fingerprint density at radius 1 is 0.868 bits per heavy atom. The zero-order chi connectivity index (χ0) is 27.0. The molecule has 0 radical (unpaired) electrons. The first-order valence-electron chi connectivity index (χ1n) is 11.4. The molecule has 4 aromatic rings. The van der Waals surface area contributed by atoms with Crippen molar-refractivity contribution in [2.24, 2.45) is 5.10 Å². The molecule has 0 fully saturated rings. The third-order valence-corrected chi connectivity index (χ3v) is 7.59. The summed E-state index contributed by atoms with van der Waals surface area (Å²) in [5.41, 5.74) is 4.35. The fourth-order valence-corrected chi connectivity index (χ4v) is 5.21. The van der Waals surface area contributed by atoms with Crippen molar-refractivity contribution in [1.29, 1.82) is 0 Å². The van der Waals surface area contributed by atoms with Gasteiger partial charge in [-0.2, -0.15) is 5.10 Å². The lowest BCUT2D eigenvalue weighted by Crippen LogP contribution is -2.39. The van der Waals surface area contributed by atoms with Crippen LogP contribution in [0.25, 0.3) is 0 Å². The summed E-state index contributed by atoms with van der Waals surface area (Å²) in [7, 11) is -4.02. The molecule has 0 atom stereocenters. The number of nitrogens with zero attached hydrogens (tertiary/aromatic N) is 2. The molecule has 7 nitrogen and oxygen atoms in total. The van der Waals surface area contributed by atoms with Crippen molar-refractivity contribution in [2.45, 2.75) is 11.5 Å². The van der Waals surface area contributed by atoms with Crippen LogP contribution < -0.4 is 14.5 Å². The lowest BCUT2D eigenvalue weighted by Gasteiger charge is -2.23. The fourth-order valence-electron chi connectivity index (χ4n) is 3.43. The van der Waals surface area contributed by atoms with Gasteiger partial charge in [0.25, 0.3) is 15.9 Å². The molecule has 1 N–H and O–H groups in total. The van der Waals surface area contributed by atoms with Crippen molar-refractivity contribution < 1.29 is 17.9 Å². The number of ether oxygens (including phenoxy) is 1. The van der Waals surface area contributed by atoms with Gasteiger partial charge in [-0.05, 0) is 83.9 Å². The standard InChI is InChI=1S/C28H23Cl2N3O4S/c29-23-11-13-25(14-12-23)33(38(35,36)27-7-2-1-3-8-27)19-28(34)32-31-18-21-9-15-26(16-10-21)37-20-22-5-4-6-24(30)17-22/h1-18H,19-20H2,(H,32,34)/b31-18-. The van der Waals surface area contributed by atoms with Gasteiger partial charge in [0.1, 0.15) is 18.9 Å². The van der Waals surface area contributed by atoms with E-state index in [2.05, 4.69) is 10.5 Å². The molecular formula is C28H23Cl2N3O4S. The van der Waals surface area contributed by atoms with Crippen LogP contribution in [0, 0.1) is 0 Å². The highest BCUT2D eigenvalue weighted by molar-refractivity contribution is 7.92. The zero-order valence-electron chi connectivity index (χ0n) is 20.0. The van der Waals surface area contributed by atoms with Crippen LogP contribution in [-0.4, -0.2) is 27.1 Å². The Bertz CT molecular complexity index is 1510. The van der Waals surface area contributed by atoms with Crippen LogP contribution in [0.2, 0.25) is 10.0 Å². The number of hydrogen-bond acceptors (Lipinski definition) is 5. The van der Waals surface area contributed by atoms with Crippen LogP contribution in [-0.2, 0) is 21.4 Å². The number of nitrogens with one attached hydrogen (secondary N) is 1. The summed E-state index contributed by atoms with van der Waals surface area (Å²) >= 11 is 12.0. The summed E-state index contributed by atoms with van der Waals surface area (Å²) in [4.78, 5) is 12.7. The second-order valence-corrected chi connectivity index (χ2v) is 10.8. The fraction of sp³-hybridized carbons (Fsp3) is 0.0714. The number of amides is 1. The Morgan fingerprint density at radius 3 is 2.26 bits per heavy atom. The van der Waals surface area contributed by atoms with E-state index in [9.17, 15) is 13.2 Å². The van der Waals surface area contributed by atoms with Crippen molar-refractivity contribution in [3.05, 3.63) is 124 Å². The predicted molar refractivity (Wildman–Crippen MR) is 150 cm³/mol. The molecule has 0 spiro atoms. The van der Waals surface area contributed by atoms with Gasteiger partial charge in [0.15, 0.2) is 0 Å². The monoisotopic (exact) mass is 567 g/mol. The lowest BCUT2D eigenvalue weighted by molar-refractivity contribution is -0.119. The molecule has 0 aliphatic heterocycles. The Balaban J connectivity index is 1.39. The highest BCUT2D eigenvalue weighted by atomic mass is 35.5. The van der Waals surface area contributed by atoms with Gasteiger partial charge in [-0.3, -0.25) is 9.10 Å². The molecule has 4 rings (SSSR count). The second-order valence-electron chi connectivity index (χ2n) is 8.08. The third kappa shape index (κ3) is 7.35. The summed E-state index contributed by atoms with van der Waals surface area (Å²) in [6.45, 7) is -0.105. The van der Waals surface area contributed by atoms with Gasteiger partial charge in [-0.15, -0.1) is 0 Å². The average molecular weight is 568 g/mol. The van der Waals surface area contributed by atoms with E-state index in [4.69, 9.17) is 27.9 Å². The molecule has 0 aliphatic rings. The maximum absolute atomic E-state index is 13.3. The van der Waals surface area contributed by atoms with E-state index in [1.165, 1.54) is 30.5 Å². The van der Waals surface area contributed by atoms with Crippen LogP contribution in [0.1, 0.15) is 11.1 Å². The molecule has 38 heavy (non-hydrogen) atoms. The molecule has 0 saturated heterocycles. The van der Waals surface area contributed by atoms with Crippen LogP contribution in [0.15, 0.2) is 113 Å². The third-order valence-electron chi connectivity index (χ3n) is 5.31. The number of rotatable bonds is 10.